The second-order valence-electron chi connectivity index (χ2n) is 4.66. The van der Waals surface area contributed by atoms with Crippen LogP contribution in [0.4, 0.5) is 0 Å². The molecule has 0 bridgehead atoms. The number of fused-ring (bicyclic) bond motifs is 1. The molecule has 0 atom stereocenters. The summed E-state index contributed by atoms with van der Waals surface area (Å²) in [6, 6.07) is 14.8. The van der Waals surface area contributed by atoms with Crippen molar-refractivity contribution in [2.45, 2.75) is 6.92 Å². The average Bonchev–Trinajstić information content (AvgIpc) is 2.44. The van der Waals surface area contributed by atoms with Gasteiger partial charge in [0.25, 0.3) is 0 Å². The monoisotopic (exact) mass is 284 g/mol. The summed E-state index contributed by atoms with van der Waals surface area (Å²) in [4.78, 5) is 0. The Hall–Kier alpha value is -2.88. The summed E-state index contributed by atoms with van der Waals surface area (Å²) in [6.07, 6.45) is 0. The van der Waals surface area contributed by atoms with Crippen molar-refractivity contribution in [3.8, 4) is 23.0 Å². The van der Waals surface area contributed by atoms with E-state index < -0.39 is 0 Å². The third-order valence-corrected chi connectivity index (χ3v) is 3.02. The number of hydrogen-bond acceptors (Lipinski definition) is 4. The van der Waals surface area contributed by atoms with E-state index in [9.17, 15) is 5.11 Å². The van der Waals surface area contributed by atoms with Crippen LogP contribution >= 0.6 is 0 Å². The molecule has 3 rings (SSSR count). The average molecular weight is 284 g/mol. The molecule has 3 aromatic rings. The van der Waals surface area contributed by atoms with Crippen molar-refractivity contribution in [2.24, 2.45) is 0 Å². The van der Waals surface area contributed by atoms with E-state index in [4.69, 9.17) is 15.3 Å². The van der Waals surface area contributed by atoms with Gasteiger partial charge >= 0.3 is 0 Å². The molecule has 4 N–H and O–H groups in total. The van der Waals surface area contributed by atoms with E-state index in [-0.39, 0.29) is 23.0 Å². The molecule has 0 unspecified atom stereocenters. The Kier molecular flexibility index (Phi) is 4.18. The molecule has 0 aromatic heterocycles. The van der Waals surface area contributed by atoms with E-state index >= 15 is 0 Å². The first-order valence-electron chi connectivity index (χ1n) is 6.36. The third kappa shape index (κ3) is 3.57. The Morgan fingerprint density at radius 3 is 2.00 bits per heavy atom. The molecule has 0 saturated heterocycles. The molecule has 3 aromatic carbocycles. The molecule has 21 heavy (non-hydrogen) atoms. The van der Waals surface area contributed by atoms with Crippen LogP contribution in [0.5, 0.6) is 23.0 Å². The molecule has 0 radical (unpaired) electrons. The van der Waals surface area contributed by atoms with E-state index in [1.54, 1.807) is 19.1 Å². The predicted molar refractivity (Wildman–Crippen MR) is 81.8 cm³/mol. The zero-order valence-electron chi connectivity index (χ0n) is 11.5. The number of hydrogen-bond donors (Lipinski definition) is 4. The summed E-state index contributed by atoms with van der Waals surface area (Å²) in [5.74, 6) is 0.435. The SMILES string of the molecule is Cc1ccc(O)cc1O.Oc1cc(O)c2ccccc2c1. The van der Waals surface area contributed by atoms with Gasteiger partial charge in [-0.3, -0.25) is 0 Å². The first-order valence-corrected chi connectivity index (χ1v) is 6.36. The van der Waals surface area contributed by atoms with Gasteiger partial charge in [0.1, 0.15) is 23.0 Å². The largest absolute Gasteiger partial charge is 0.508 e. The van der Waals surface area contributed by atoms with Gasteiger partial charge < -0.3 is 20.4 Å². The lowest BCUT2D eigenvalue weighted by Gasteiger charge is -2.00. The summed E-state index contributed by atoms with van der Waals surface area (Å²) in [7, 11) is 0. The number of aromatic hydroxyl groups is 4. The van der Waals surface area contributed by atoms with Gasteiger partial charge in [-0.25, -0.2) is 0 Å². The first-order chi connectivity index (χ1) is 9.97. The van der Waals surface area contributed by atoms with Crippen molar-refractivity contribution in [3.05, 3.63) is 60.2 Å². The highest BCUT2D eigenvalue weighted by molar-refractivity contribution is 5.89. The van der Waals surface area contributed by atoms with Crippen LogP contribution < -0.4 is 0 Å². The van der Waals surface area contributed by atoms with Gasteiger partial charge in [-0.1, -0.05) is 30.3 Å². The van der Waals surface area contributed by atoms with Gasteiger partial charge in [0.15, 0.2) is 0 Å². The maximum absolute atomic E-state index is 9.39. The predicted octanol–water partition coefficient (Wildman–Crippen LogP) is 3.66. The van der Waals surface area contributed by atoms with E-state index in [0.717, 1.165) is 16.3 Å². The minimum atomic E-state index is 0.0891. The first kappa shape index (κ1) is 14.5. The van der Waals surface area contributed by atoms with Gasteiger partial charge in [0, 0.05) is 17.5 Å². The van der Waals surface area contributed by atoms with Crippen molar-refractivity contribution in [2.75, 3.05) is 0 Å². The standard InChI is InChI=1S/C10H8O2.C7H8O2/c11-8-5-7-3-1-2-4-9(7)10(12)6-8;1-5-2-3-6(8)4-7(5)9/h1-6,11-12H;2-4,8-9H,1H3. The highest BCUT2D eigenvalue weighted by Crippen LogP contribution is 2.28. The number of rotatable bonds is 0. The molecule has 108 valence electrons. The summed E-state index contributed by atoms with van der Waals surface area (Å²) in [5, 5.41) is 37.9. The molecule has 0 fully saturated rings. The van der Waals surface area contributed by atoms with Crippen LogP contribution in [-0.2, 0) is 0 Å². The van der Waals surface area contributed by atoms with Crippen LogP contribution in [0.25, 0.3) is 10.8 Å². The molecule has 4 nitrogen and oxygen atoms in total. The van der Waals surface area contributed by atoms with E-state index in [1.165, 1.54) is 18.2 Å². The number of phenols is 4. The fraction of sp³-hybridized carbons (Fsp3) is 0.0588. The fourth-order valence-corrected chi connectivity index (χ4v) is 1.87. The fourth-order valence-electron chi connectivity index (χ4n) is 1.87. The summed E-state index contributed by atoms with van der Waals surface area (Å²) in [6.45, 7) is 1.77. The molecule has 4 heteroatoms. The number of benzene rings is 3. The second kappa shape index (κ2) is 6.05. The zero-order valence-corrected chi connectivity index (χ0v) is 11.5. The maximum atomic E-state index is 9.39. The topological polar surface area (TPSA) is 80.9 Å². The lowest BCUT2D eigenvalue weighted by atomic mass is 10.1. The Labute approximate surface area is 122 Å². The molecule has 0 saturated carbocycles. The van der Waals surface area contributed by atoms with Crippen LogP contribution in [0.2, 0.25) is 0 Å². The third-order valence-electron chi connectivity index (χ3n) is 3.02. The Morgan fingerprint density at radius 2 is 1.33 bits per heavy atom. The minimum Gasteiger partial charge on any atom is -0.508 e. The van der Waals surface area contributed by atoms with Crippen molar-refractivity contribution >= 4 is 10.8 Å². The van der Waals surface area contributed by atoms with Crippen LogP contribution in [0.1, 0.15) is 5.56 Å². The van der Waals surface area contributed by atoms with Crippen molar-refractivity contribution in [3.63, 3.8) is 0 Å². The van der Waals surface area contributed by atoms with Gasteiger partial charge in [0.2, 0.25) is 0 Å². The van der Waals surface area contributed by atoms with Gasteiger partial charge in [-0.05, 0) is 30.0 Å². The Morgan fingerprint density at radius 1 is 0.667 bits per heavy atom. The van der Waals surface area contributed by atoms with E-state index in [1.807, 2.05) is 24.3 Å². The Bertz CT molecular complexity index is 766. The van der Waals surface area contributed by atoms with Gasteiger partial charge in [-0.15, -0.1) is 0 Å². The maximum Gasteiger partial charge on any atom is 0.127 e. The highest BCUT2D eigenvalue weighted by atomic mass is 16.3. The number of phenolic OH excluding ortho intramolecular Hbond substituents is 4. The van der Waals surface area contributed by atoms with Crippen molar-refractivity contribution in [1.82, 2.24) is 0 Å². The van der Waals surface area contributed by atoms with Crippen LogP contribution in [0.3, 0.4) is 0 Å². The molecular formula is C17H16O4. The summed E-state index contributed by atoms with van der Waals surface area (Å²) in [5.41, 5.74) is 0.771. The molecular weight excluding hydrogens is 268 g/mol. The molecule has 0 aliphatic rings. The highest BCUT2D eigenvalue weighted by Gasteiger charge is 1.99. The van der Waals surface area contributed by atoms with Gasteiger partial charge in [-0.2, -0.15) is 0 Å². The van der Waals surface area contributed by atoms with E-state index in [2.05, 4.69) is 0 Å². The normalized spacial score (nSPS) is 9.95. The van der Waals surface area contributed by atoms with Gasteiger partial charge in [0.05, 0.1) is 0 Å². The smallest absolute Gasteiger partial charge is 0.127 e. The number of aryl methyl sites for hydroxylation is 1. The van der Waals surface area contributed by atoms with Crippen LogP contribution in [-0.4, -0.2) is 20.4 Å². The van der Waals surface area contributed by atoms with Crippen molar-refractivity contribution in [1.29, 1.82) is 0 Å². The minimum absolute atomic E-state index is 0.0891. The second-order valence-corrected chi connectivity index (χ2v) is 4.66. The Balaban J connectivity index is 0.000000161. The molecule has 0 spiro atoms. The zero-order chi connectivity index (χ0) is 15.4. The molecule has 0 heterocycles. The molecule has 0 aliphatic heterocycles. The van der Waals surface area contributed by atoms with Crippen LogP contribution in [0, 0.1) is 6.92 Å². The summed E-state index contributed by atoms with van der Waals surface area (Å²) >= 11 is 0. The summed E-state index contributed by atoms with van der Waals surface area (Å²) < 4.78 is 0. The van der Waals surface area contributed by atoms with Crippen LogP contribution in [0.15, 0.2) is 54.6 Å². The van der Waals surface area contributed by atoms with Crippen molar-refractivity contribution < 1.29 is 20.4 Å². The molecule has 0 amide bonds. The lowest BCUT2D eigenvalue weighted by Crippen LogP contribution is -1.73. The van der Waals surface area contributed by atoms with E-state index in [0.29, 0.717) is 0 Å². The lowest BCUT2D eigenvalue weighted by molar-refractivity contribution is 0.448. The molecule has 0 aliphatic carbocycles. The quantitative estimate of drug-likeness (QED) is 0.508.